The summed E-state index contributed by atoms with van der Waals surface area (Å²) in [7, 11) is 4.05. The molecule has 390 valence electrons. The zero-order valence-electron chi connectivity index (χ0n) is 44.0. The number of methoxy groups -OCH3 is 4. The number of carbonyl (C=O) groups excluding carboxylic acids is 3. The predicted molar refractivity (Wildman–Crippen MR) is 267 cm³/mol. The monoisotopic (exact) mass is 995 g/mol. The summed E-state index contributed by atoms with van der Waals surface area (Å²) < 4.78 is 71.5. The van der Waals surface area contributed by atoms with E-state index in [1.807, 2.05) is 81.5 Å². The normalized spacial score (nSPS) is 31.8. The molecule has 2 aromatic carbocycles. The standard InChI is InChI=1S/C55H82O14Si/c1-13-70(14-2,15-3)69-46-30-45-32-50(64-36-39-18-22-42(60-10)23-19-39)53(7,8)54(61-11,67-45)34-47-29-40(56)28-43(65-47)26-27-52(5,6)55(62-12)49(57)25-24-44(68-55)31-48(66-51(58)33-46)37(4)63-35-38-16-20-41(59-9)21-17-38/h16-23,26-27,37,43-48,50H,13-15,24-25,28-36H2,1-12H3/b27-26-/t37-,43+,44+,45-,46-,47+,48-,50+,54+,55-/m1/s1. The first kappa shape index (κ1) is 55.8. The van der Waals surface area contributed by atoms with Gasteiger partial charge in [-0.05, 0) is 73.3 Å². The highest BCUT2D eigenvalue weighted by Crippen LogP contribution is 2.51. The lowest BCUT2D eigenvalue weighted by molar-refractivity contribution is -0.362. The fraction of sp³-hybridized carbons (Fsp3) is 0.691. The van der Waals surface area contributed by atoms with E-state index in [1.165, 1.54) is 7.11 Å². The Balaban J connectivity index is 1.41. The second kappa shape index (κ2) is 24.0. The van der Waals surface area contributed by atoms with E-state index >= 15 is 0 Å². The maximum Gasteiger partial charge on any atom is 0.308 e. The fourth-order valence-corrected chi connectivity index (χ4v) is 13.9. The van der Waals surface area contributed by atoms with E-state index in [9.17, 15) is 14.4 Å². The Hall–Kier alpha value is -3.51. The second-order valence-corrected chi connectivity index (χ2v) is 25.6. The SMILES string of the molecule is CC[Si](CC)(CC)O[C@H]1CC(=O)O[C@@H]([C@@H](C)OCc2ccc(OC)cc2)C[C@@H]2CCC(=O)[C@@](OC)(O2)C(C)(C)/C=C\[C@H]2CC(=O)C[C@@H](C[C@]3(OC)O[C@H](C1)C[C@H](OCc1ccc(OC)cc1)C3(C)C)O2. The van der Waals surface area contributed by atoms with Crippen LogP contribution < -0.4 is 9.47 Å². The summed E-state index contributed by atoms with van der Waals surface area (Å²) in [6.07, 6.45) is 1.40. The average Bonchev–Trinajstić information content (AvgIpc) is 3.34. The van der Waals surface area contributed by atoms with Crippen molar-refractivity contribution < 1.29 is 66.2 Å². The van der Waals surface area contributed by atoms with Gasteiger partial charge in [0, 0.05) is 63.6 Å². The summed E-state index contributed by atoms with van der Waals surface area (Å²) in [4.78, 5) is 42.5. The minimum Gasteiger partial charge on any atom is -0.497 e. The molecule has 0 spiro atoms. The topological polar surface area (TPSA) is 153 Å². The molecule has 70 heavy (non-hydrogen) atoms. The molecule has 0 N–H and O–H groups in total. The van der Waals surface area contributed by atoms with Crippen molar-refractivity contribution in [3.8, 4) is 11.5 Å². The van der Waals surface area contributed by atoms with Crippen LogP contribution in [0.25, 0.3) is 0 Å². The maximum absolute atomic E-state index is 14.7. The molecule has 0 aromatic heterocycles. The van der Waals surface area contributed by atoms with Crippen LogP contribution in [-0.2, 0) is 69.9 Å². The van der Waals surface area contributed by atoms with Crippen LogP contribution in [0, 0.1) is 10.8 Å². The molecule has 4 heterocycles. The number of benzene rings is 2. The quantitative estimate of drug-likeness (QED) is 0.0891. The van der Waals surface area contributed by atoms with E-state index in [0.717, 1.165) is 40.8 Å². The first-order valence-electron chi connectivity index (χ1n) is 25.5. The largest absolute Gasteiger partial charge is 0.497 e. The molecule has 4 aliphatic heterocycles. The van der Waals surface area contributed by atoms with Gasteiger partial charge in [0.25, 0.3) is 0 Å². The summed E-state index contributed by atoms with van der Waals surface area (Å²) in [5.74, 6) is -2.09. The predicted octanol–water partition coefficient (Wildman–Crippen LogP) is 10.0. The molecule has 0 unspecified atom stereocenters. The number of ether oxygens (including phenoxy) is 10. The summed E-state index contributed by atoms with van der Waals surface area (Å²) >= 11 is 0. The third-order valence-corrected chi connectivity index (χ3v) is 20.5. The fourth-order valence-electron chi connectivity index (χ4n) is 11.0. The molecular formula is C55H82O14Si. The van der Waals surface area contributed by atoms with Crippen LogP contribution >= 0.6 is 0 Å². The van der Waals surface area contributed by atoms with Gasteiger partial charge >= 0.3 is 5.97 Å². The number of hydrogen-bond donors (Lipinski definition) is 0. The number of rotatable bonds is 16. The molecule has 14 nitrogen and oxygen atoms in total. The van der Waals surface area contributed by atoms with Gasteiger partial charge in [-0.25, -0.2) is 0 Å². The highest BCUT2D eigenvalue weighted by Gasteiger charge is 2.59. The molecule has 4 aliphatic rings. The van der Waals surface area contributed by atoms with Crippen LogP contribution in [0.5, 0.6) is 11.5 Å². The van der Waals surface area contributed by atoms with Gasteiger partial charge in [-0.2, -0.15) is 0 Å². The minimum atomic E-state index is -2.33. The van der Waals surface area contributed by atoms with E-state index in [0.29, 0.717) is 25.9 Å². The third kappa shape index (κ3) is 12.8. The van der Waals surface area contributed by atoms with Gasteiger partial charge in [-0.3, -0.25) is 14.4 Å². The van der Waals surface area contributed by atoms with Crippen LogP contribution in [0.1, 0.15) is 124 Å². The van der Waals surface area contributed by atoms with Crippen LogP contribution in [-0.4, -0.2) is 115 Å². The van der Waals surface area contributed by atoms with Crippen LogP contribution in [0.3, 0.4) is 0 Å². The van der Waals surface area contributed by atoms with E-state index in [2.05, 4.69) is 34.6 Å². The molecule has 0 amide bonds. The van der Waals surface area contributed by atoms with Gasteiger partial charge in [-0.1, -0.05) is 84.9 Å². The molecule has 0 aliphatic carbocycles. The average molecular weight is 995 g/mol. The molecule has 3 saturated heterocycles. The Labute approximate surface area is 418 Å². The molecule has 2 aromatic rings. The smallest absolute Gasteiger partial charge is 0.308 e. The van der Waals surface area contributed by atoms with Gasteiger partial charge in [0.15, 0.2) is 19.9 Å². The zero-order chi connectivity index (χ0) is 50.9. The highest BCUT2D eigenvalue weighted by atomic mass is 28.4. The Bertz CT molecular complexity index is 2040. The van der Waals surface area contributed by atoms with E-state index in [1.54, 1.807) is 21.3 Å². The van der Waals surface area contributed by atoms with Crippen LogP contribution in [0.4, 0.5) is 0 Å². The molecule has 15 heteroatoms. The molecule has 10 atom stereocenters. The van der Waals surface area contributed by atoms with Gasteiger partial charge < -0.3 is 51.8 Å². The Morgan fingerprint density at radius 1 is 0.729 bits per heavy atom. The lowest BCUT2D eigenvalue weighted by Crippen LogP contribution is -2.63. The molecule has 0 saturated carbocycles. The molecular weight excluding hydrogens is 913 g/mol. The summed E-state index contributed by atoms with van der Waals surface area (Å²) in [6, 6.07) is 18.1. The van der Waals surface area contributed by atoms with Crippen molar-refractivity contribution in [2.75, 3.05) is 28.4 Å². The van der Waals surface area contributed by atoms with Crippen molar-refractivity contribution in [2.45, 2.75) is 205 Å². The van der Waals surface area contributed by atoms with Crippen LogP contribution in [0.2, 0.25) is 18.1 Å². The summed E-state index contributed by atoms with van der Waals surface area (Å²) in [5, 5.41) is 0. The Kier molecular flexibility index (Phi) is 19.1. The van der Waals surface area contributed by atoms with Gasteiger partial charge in [0.05, 0.1) is 76.6 Å². The summed E-state index contributed by atoms with van der Waals surface area (Å²) in [6.45, 7) is 16.9. The lowest BCUT2D eigenvalue weighted by atomic mass is 9.70. The van der Waals surface area contributed by atoms with Crippen molar-refractivity contribution >= 4 is 25.9 Å². The highest BCUT2D eigenvalue weighted by molar-refractivity contribution is 6.73. The minimum absolute atomic E-state index is 0.0389. The first-order chi connectivity index (χ1) is 33.3. The number of Topliss-reactive ketones (excluding diaryl/α,β-unsaturated/α-hetero) is 2. The van der Waals surface area contributed by atoms with Crippen molar-refractivity contribution in [1.82, 2.24) is 0 Å². The van der Waals surface area contributed by atoms with E-state index in [-0.39, 0.29) is 56.7 Å². The van der Waals surface area contributed by atoms with Crippen LogP contribution in [0.15, 0.2) is 60.7 Å². The number of esters is 1. The first-order valence-corrected chi connectivity index (χ1v) is 28.1. The van der Waals surface area contributed by atoms with Crippen molar-refractivity contribution in [3.05, 3.63) is 71.8 Å². The van der Waals surface area contributed by atoms with Crippen molar-refractivity contribution in [1.29, 1.82) is 0 Å². The Morgan fingerprint density at radius 3 is 1.94 bits per heavy atom. The van der Waals surface area contributed by atoms with Crippen molar-refractivity contribution in [2.24, 2.45) is 10.8 Å². The molecule has 6 rings (SSSR count). The molecule has 6 bridgehead atoms. The second-order valence-electron chi connectivity index (χ2n) is 20.9. The maximum atomic E-state index is 14.7. The lowest BCUT2D eigenvalue weighted by Gasteiger charge is -2.56. The van der Waals surface area contributed by atoms with Gasteiger partial charge in [-0.15, -0.1) is 0 Å². The van der Waals surface area contributed by atoms with Gasteiger partial charge in [0.1, 0.15) is 23.4 Å². The van der Waals surface area contributed by atoms with Crippen molar-refractivity contribution in [3.63, 3.8) is 0 Å². The summed E-state index contributed by atoms with van der Waals surface area (Å²) in [5.41, 5.74) is 0.113. The zero-order valence-corrected chi connectivity index (χ0v) is 45.0. The van der Waals surface area contributed by atoms with Gasteiger partial charge in [0.2, 0.25) is 5.79 Å². The van der Waals surface area contributed by atoms with E-state index in [4.69, 9.17) is 51.8 Å². The Morgan fingerprint density at radius 2 is 1.36 bits per heavy atom. The number of carbonyl (C=O) groups is 3. The number of fused-ring (bicyclic) bond motifs is 6. The van der Waals surface area contributed by atoms with E-state index < -0.39 is 85.5 Å². The number of hydrogen-bond acceptors (Lipinski definition) is 14. The number of ketones is 2. The third-order valence-electron chi connectivity index (χ3n) is 15.8. The molecule has 3 fully saturated rings. The molecule has 0 radical (unpaired) electrons. The number of cyclic esters (lactones) is 1.